The normalized spacial score (nSPS) is 16.8. The first-order chi connectivity index (χ1) is 7.54. The van der Waals surface area contributed by atoms with Crippen LogP contribution in [0.1, 0.15) is 25.5 Å². The second-order valence-corrected chi connectivity index (χ2v) is 3.86. The number of nitrogens with two attached hydrogens (primary N) is 1. The molecule has 1 aromatic rings. The minimum Gasteiger partial charge on any atom is -0.391 e. The van der Waals surface area contributed by atoms with Gasteiger partial charge < -0.3 is 15.6 Å². The molecule has 1 rings (SSSR count). The van der Waals surface area contributed by atoms with Crippen molar-refractivity contribution in [2.24, 2.45) is 5.73 Å². The average Bonchev–Trinajstić information content (AvgIpc) is 2.26. The molecule has 1 aromatic carbocycles. The Morgan fingerprint density at radius 3 is 2.31 bits per heavy atom. The SMILES string of the molecule is CC(O)C(C)OC(CN)c1ccc(F)cc1. The molecule has 0 saturated heterocycles. The monoisotopic (exact) mass is 227 g/mol. The van der Waals surface area contributed by atoms with Crippen molar-refractivity contribution in [1.82, 2.24) is 0 Å². The third kappa shape index (κ3) is 3.56. The zero-order valence-corrected chi connectivity index (χ0v) is 9.56. The van der Waals surface area contributed by atoms with E-state index < -0.39 is 6.10 Å². The molecule has 0 aromatic heterocycles. The minimum atomic E-state index is -0.561. The molecule has 90 valence electrons. The van der Waals surface area contributed by atoms with Gasteiger partial charge in [-0.15, -0.1) is 0 Å². The molecule has 3 nitrogen and oxygen atoms in total. The molecule has 3 atom stereocenters. The largest absolute Gasteiger partial charge is 0.391 e. The van der Waals surface area contributed by atoms with Crippen molar-refractivity contribution in [1.29, 1.82) is 0 Å². The standard InChI is InChI=1S/C12H18FNO2/c1-8(15)9(2)16-12(7-14)10-3-5-11(13)6-4-10/h3-6,8-9,12,15H,7,14H2,1-2H3. The summed E-state index contributed by atoms with van der Waals surface area (Å²) in [5, 5.41) is 9.33. The Morgan fingerprint density at radius 1 is 1.31 bits per heavy atom. The fraction of sp³-hybridized carbons (Fsp3) is 0.500. The van der Waals surface area contributed by atoms with Crippen molar-refractivity contribution in [3.63, 3.8) is 0 Å². The second-order valence-electron chi connectivity index (χ2n) is 3.86. The summed E-state index contributed by atoms with van der Waals surface area (Å²) in [6.07, 6.45) is -1.18. The van der Waals surface area contributed by atoms with E-state index in [1.807, 2.05) is 0 Å². The molecule has 0 aliphatic carbocycles. The third-order valence-corrected chi connectivity index (χ3v) is 2.51. The number of ether oxygens (including phenoxy) is 1. The Hall–Kier alpha value is -0.970. The van der Waals surface area contributed by atoms with Crippen LogP contribution >= 0.6 is 0 Å². The molecule has 3 unspecified atom stereocenters. The Bertz CT molecular complexity index is 313. The smallest absolute Gasteiger partial charge is 0.123 e. The summed E-state index contributed by atoms with van der Waals surface area (Å²) in [4.78, 5) is 0. The molecule has 0 bridgehead atoms. The van der Waals surface area contributed by atoms with Crippen molar-refractivity contribution in [2.45, 2.75) is 32.2 Å². The van der Waals surface area contributed by atoms with Crippen LogP contribution in [0.4, 0.5) is 4.39 Å². The lowest BCUT2D eigenvalue weighted by molar-refractivity contribution is -0.0591. The van der Waals surface area contributed by atoms with E-state index in [2.05, 4.69) is 0 Å². The molecule has 0 spiro atoms. The molecule has 0 fully saturated rings. The van der Waals surface area contributed by atoms with Gasteiger partial charge in [0.15, 0.2) is 0 Å². The molecule has 0 heterocycles. The molecule has 0 aliphatic rings. The Morgan fingerprint density at radius 2 is 1.88 bits per heavy atom. The highest BCUT2D eigenvalue weighted by Gasteiger charge is 2.17. The lowest BCUT2D eigenvalue weighted by atomic mass is 10.1. The van der Waals surface area contributed by atoms with Gasteiger partial charge in [-0.3, -0.25) is 0 Å². The van der Waals surface area contributed by atoms with Crippen LogP contribution in [0.5, 0.6) is 0 Å². The molecule has 3 N–H and O–H groups in total. The van der Waals surface area contributed by atoms with E-state index >= 15 is 0 Å². The van der Waals surface area contributed by atoms with Crippen molar-refractivity contribution >= 4 is 0 Å². The number of aliphatic hydroxyl groups is 1. The highest BCUT2D eigenvalue weighted by atomic mass is 19.1. The number of rotatable bonds is 5. The molecule has 0 saturated carbocycles. The molecule has 16 heavy (non-hydrogen) atoms. The number of halogens is 1. The molecule has 0 radical (unpaired) electrons. The molecular weight excluding hydrogens is 209 g/mol. The first-order valence-corrected chi connectivity index (χ1v) is 5.33. The fourth-order valence-electron chi connectivity index (χ4n) is 1.32. The average molecular weight is 227 g/mol. The van der Waals surface area contributed by atoms with Gasteiger partial charge in [-0.1, -0.05) is 12.1 Å². The maximum Gasteiger partial charge on any atom is 0.123 e. The number of benzene rings is 1. The van der Waals surface area contributed by atoms with E-state index in [4.69, 9.17) is 10.5 Å². The van der Waals surface area contributed by atoms with Crippen LogP contribution in [0.2, 0.25) is 0 Å². The maximum atomic E-state index is 12.7. The van der Waals surface area contributed by atoms with Gasteiger partial charge in [0.2, 0.25) is 0 Å². The first-order valence-electron chi connectivity index (χ1n) is 5.33. The van der Waals surface area contributed by atoms with Gasteiger partial charge in [-0.2, -0.15) is 0 Å². The number of hydrogen-bond acceptors (Lipinski definition) is 3. The van der Waals surface area contributed by atoms with E-state index in [9.17, 15) is 9.50 Å². The Labute approximate surface area is 95.0 Å². The van der Waals surface area contributed by atoms with Gasteiger partial charge in [0, 0.05) is 6.54 Å². The highest BCUT2D eigenvalue weighted by Crippen LogP contribution is 2.19. The van der Waals surface area contributed by atoms with E-state index in [0.29, 0.717) is 6.54 Å². The van der Waals surface area contributed by atoms with E-state index in [1.54, 1.807) is 26.0 Å². The topological polar surface area (TPSA) is 55.5 Å². The lowest BCUT2D eigenvalue weighted by Gasteiger charge is -2.23. The summed E-state index contributed by atoms with van der Waals surface area (Å²) in [6, 6.07) is 6.02. The van der Waals surface area contributed by atoms with E-state index in [-0.39, 0.29) is 18.0 Å². The predicted octanol–water partition coefficient (Wildman–Crippen LogP) is 1.61. The number of aliphatic hydroxyl groups excluding tert-OH is 1. The lowest BCUT2D eigenvalue weighted by Crippen LogP contribution is -2.28. The van der Waals surface area contributed by atoms with Gasteiger partial charge in [-0.25, -0.2) is 4.39 Å². The predicted molar refractivity (Wildman–Crippen MR) is 60.4 cm³/mol. The molecular formula is C12H18FNO2. The van der Waals surface area contributed by atoms with E-state index in [1.165, 1.54) is 12.1 Å². The summed E-state index contributed by atoms with van der Waals surface area (Å²) >= 11 is 0. The van der Waals surface area contributed by atoms with Crippen LogP contribution < -0.4 is 5.73 Å². The first kappa shape index (κ1) is 13.1. The summed E-state index contributed by atoms with van der Waals surface area (Å²) in [5.74, 6) is -0.289. The van der Waals surface area contributed by atoms with Crippen molar-refractivity contribution in [3.8, 4) is 0 Å². The van der Waals surface area contributed by atoms with Crippen molar-refractivity contribution in [3.05, 3.63) is 35.6 Å². The fourth-order valence-corrected chi connectivity index (χ4v) is 1.32. The molecule has 0 amide bonds. The quantitative estimate of drug-likeness (QED) is 0.803. The summed E-state index contributed by atoms with van der Waals surface area (Å²) in [6.45, 7) is 3.72. The Balaban J connectivity index is 2.70. The third-order valence-electron chi connectivity index (χ3n) is 2.51. The summed E-state index contributed by atoms with van der Waals surface area (Å²) < 4.78 is 18.3. The van der Waals surface area contributed by atoms with Crippen LogP contribution in [0.25, 0.3) is 0 Å². The minimum absolute atomic E-state index is 0.289. The highest BCUT2D eigenvalue weighted by molar-refractivity contribution is 5.19. The van der Waals surface area contributed by atoms with Crippen LogP contribution in [-0.4, -0.2) is 23.9 Å². The van der Waals surface area contributed by atoms with Crippen LogP contribution in [0.15, 0.2) is 24.3 Å². The molecule has 4 heteroatoms. The summed E-state index contributed by atoms with van der Waals surface area (Å²) in [7, 11) is 0. The van der Waals surface area contributed by atoms with E-state index in [0.717, 1.165) is 5.56 Å². The van der Waals surface area contributed by atoms with Crippen molar-refractivity contribution < 1.29 is 14.2 Å². The maximum absolute atomic E-state index is 12.7. The molecule has 0 aliphatic heterocycles. The number of hydrogen-bond donors (Lipinski definition) is 2. The van der Waals surface area contributed by atoms with Gasteiger partial charge in [0.25, 0.3) is 0 Å². The van der Waals surface area contributed by atoms with Crippen LogP contribution in [0.3, 0.4) is 0 Å². The van der Waals surface area contributed by atoms with Gasteiger partial charge >= 0.3 is 0 Å². The summed E-state index contributed by atoms with van der Waals surface area (Å²) in [5.41, 5.74) is 6.41. The Kier molecular flexibility index (Phi) is 4.86. The van der Waals surface area contributed by atoms with Gasteiger partial charge in [0.05, 0.1) is 18.3 Å². The van der Waals surface area contributed by atoms with Crippen molar-refractivity contribution in [2.75, 3.05) is 6.54 Å². The zero-order chi connectivity index (χ0) is 12.1. The second kappa shape index (κ2) is 5.94. The van der Waals surface area contributed by atoms with Crippen LogP contribution in [0, 0.1) is 5.82 Å². The van der Waals surface area contributed by atoms with Gasteiger partial charge in [-0.05, 0) is 31.5 Å². The zero-order valence-electron chi connectivity index (χ0n) is 9.56. The van der Waals surface area contributed by atoms with Gasteiger partial charge in [0.1, 0.15) is 5.82 Å². The van der Waals surface area contributed by atoms with Crippen LogP contribution in [-0.2, 0) is 4.74 Å².